The molecule has 0 aliphatic heterocycles. The summed E-state index contributed by atoms with van der Waals surface area (Å²) in [7, 11) is 0. The zero-order valence-corrected chi connectivity index (χ0v) is 12.9. The fraction of sp³-hybridized carbons (Fsp3) is 0.375. The average Bonchev–Trinajstić information content (AvgIpc) is 2.96. The van der Waals surface area contributed by atoms with Crippen LogP contribution in [0, 0.1) is 0 Å². The first kappa shape index (κ1) is 14.7. The number of rotatable bonds is 6. The maximum atomic E-state index is 10.8. The van der Waals surface area contributed by atoms with Crippen LogP contribution < -0.4 is 4.74 Å². The van der Waals surface area contributed by atoms with Crippen LogP contribution in [0.25, 0.3) is 11.3 Å². The van der Waals surface area contributed by atoms with Crippen LogP contribution in [-0.2, 0) is 0 Å². The highest BCUT2D eigenvalue weighted by atomic mass is 32.1. The molecule has 0 saturated heterocycles. The molecule has 0 bridgehead atoms. The van der Waals surface area contributed by atoms with E-state index in [2.05, 4.69) is 31.0 Å². The molecular weight excluding hydrogens is 270 g/mol. The molecule has 0 saturated carbocycles. The van der Waals surface area contributed by atoms with Crippen molar-refractivity contribution >= 4 is 17.6 Å². The third-order valence-corrected chi connectivity index (χ3v) is 4.15. The van der Waals surface area contributed by atoms with Crippen LogP contribution in [0.3, 0.4) is 0 Å². The van der Waals surface area contributed by atoms with Crippen molar-refractivity contribution in [1.29, 1.82) is 0 Å². The Balaban J connectivity index is 2.48. The Morgan fingerprint density at radius 1 is 1.40 bits per heavy atom. The summed E-state index contributed by atoms with van der Waals surface area (Å²) in [4.78, 5) is 15.1. The second-order valence-electron chi connectivity index (χ2n) is 4.69. The Labute approximate surface area is 123 Å². The lowest BCUT2D eigenvalue weighted by Gasteiger charge is -2.14. The van der Waals surface area contributed by atoms with Gasteiger partial charge in [0.25, 0.3) is 0 Å². The summed E-state index contributed by atoms with van der Waals surface area (Å²) < 4.78 is 5.68. The van der Waals surface area contributed by atoms with Crippen molar-refractivity contribution in [2.45, 2.75) is 33.1 Å². The molecule has 1 unspecified atom stereocenters. The van der Waals surface area contributed by atoms with Gasteiger partial charge in [0.15, 0.2) is 11.3 Å². The molecule has 1 heterocycles. The average molecular weight is 289 g/mol. The molecule has 106 valence electrons. The molecule has 1 aromatic heterocycles. The van der Waals surface area contributed by atoms with Crippen LogP contribution in [-0.4, -0.2) is 17.9 Å². The minimum atomic E-state index is 0.494. The molecule has 0 radical (unpaired) electrons. The number of thiazole rings is 1. The molecule has 20 heavy (non-hydrogen) atoms. The van der Waals surface area contributed by atoms with Crippen molar-refractivity contribution in [3.8, 4) is 17.0 Å². The minimum Gasteiger partial charge on any atom is -0.493 e. The molecule has 0 aliphatic rings. The number of hydrogen-bond acceptors (Lipinski definition) is 4. The highest BCUT2D eigenvalue weighted by Gasteiger charge is 2.13. The molecule has 0 aliphatic carbocycles. The number of hydrogen-bond donors (Lipinski definition) is 0. The lowest BCUT2D eigenvalue weighted by Crippen LogP contribution is -1.98. The van der Waals surface area contributed by atoms with Gasteiger partial charge in [0.2, 0.25) is 0 Å². The fourth-order valence-corrected chi connectivity index (χ4v) is 2.66. The Morgan fingerprint density at radius 3 is 2.80 bits per heavy atom. The molecule has 2 aromatic rings. The van der Waals surface area contributed by atoms with E-state index in [-0.39, 0.29) is 0 Å². The van der Waals surface area contributed by atoms with Crippen molar-refractivity contribution in [2.75, 3.05) is 6.61 Å². The summed E-state index contributed by atoms with van der Waals surface area (Å²) >= 11 is 1.36. The van der Waals surface area contributed by atoms with E-state index in [0.717, 1.165) is 29.7 Å². The third-order valence-electron chi connectivity index (χ3n) is 3.38. The second-order valence-corrected chi connectivity index (χ2v) is 5.58. The first-order valence-corrected chi connectivity index (χ1v) is 7.75. The predicted molar refractivity (Wildman–Crippen MR) is 82.8 cm³/mol. The maximum absolute atomic E-state index is 10.8. The Kier molecular flexibility index (Phi) is 4.90. The molecule has 0 spiro atoms. The summed E-state index contributed by atoms with van der Waals surface area (Å²) in [5.41, 5.74) is 3.05. The van der Waals surface area contributed by atoms with Gasteiger partial charge >= 0.3 is 0 Å². The first-order valence-electron chi connectivity index (χ1n) is 6.87. The van der Waals surface area contributed by atoms with Crippen molar-refractivity contribution < 1.29 is 9.53 Å². The molecule has 0 fully saturated rings. The van der Waals surface area contributed by atoms with Gasteiger partial charge in [0, 0.05) is 10.9 Å². The summed E-state index contributed by atoms with van der Waals surface area (Å²) in [6.07, 6.45) is 1.87. The van der Waals surface area contributed by atoms with Gasteiger partial charge < -0.3 is 4.74 Å². The molecule has 1 aromatic carbocycles. The van der Waals surface area contributed by atoms with Crippen molar-refractivity contribution in [2.24, 2.45) is 0 Å². The number of carbonyl (C=O) groups excluding carboxylic acids is 1. The van der Waals surface area contributed by atoms with Gasteiger partial charge in [-0.25, -0.2) is 4.98 Å². The summed E-state index contributed by atoms with van der Waals surface area (Å²) in [6, 6.07) is 6.23. The van der Waals surface area contributed by atoms with Gasteiger partial charge in [-0.2, -0.15) is 0 Å². The quantitative estimate of drug-likeness (QED) is 0.733. The molecule has 1 atom stereocenters. The van der Waals surface area contributed by atoms with E-state index in [9.17, 15) is 4.79 Å². The third kappa shape index (κ3) is 3.07. The van der Waals surface area contributed by atoms with Crippen LogP contribution in [0.15, 0.2) is 23.6 Å². The Hall–Kier alpha value is -1.68. The van der Waals surface area contributed by atoms with Crippen molar-refractivity contribution in [3.05, 3.63) is 34.2 Å². The van der Waals surface area contributed by atoms with Crippen molar-refractivity contribution in [1.82, 2.24) is 4.98 Å². The van der Waals surface area contributed by atoms with E-state index in [1.54, 1.807) is 0 Å². The highest BCUT2D eigenvalue weighted by molar-refractivity contribution is 7.11. The minimum absolute atomic E-state index is 0.494. The molecule has 0 N–H and O–H groups in total. The number of benzene rings is 1. The van der Waals surface area contributed by atoms with E-state index in [1.165, 1.54) is 16.9 Å². The van der Waals surface area contributed by atoms with Crippen LogP contribution >= 0.6 is 11.3 Å². The SMILES string of the molecule is CCOc1ccc(C(C)CC)cc1-c1csc(C=O)n1. The predicted octanol–water partition coefficient (Wildman–Crippen LogP) is 4.53. The van der Waals surface area contributed by atoms with E-state index < -0.39 is 0 Å². The topological polar surface area (TPSA) is 39.2 Å². The Morgan fingerprint density at radius 2 is 2.20 bits per heavy atom. The van der Waals surface area contributed by atoms with E-state index in [0.29, 0.717) is 17.5 Å². The van der Waals surface area contributed by atoms with Gasteiger partial charge in [-0.15, -0.1) is 11.3 Å². The van der Waals surface area contributed by atoms with Gasteiger partial charge in [-0.3, -0.25) is 4.79 Å². The smallest absolute Gasteiger partial charge is 0.178 e. The number of aromatic nitrogens is 1. The highest BCUT2D eigenvalue weighted by Crippen LogP contribution is 2.34. The molecule has 4 heteroatoms. The molecule has 2 rings (SSSR count). The molecule has 3 nitrogen and oxygen atoms in total. The van der Waals surface area contributed by atoms with Crippen LogP contribution in [0.1, 0.15) is 48.5 Å². The normalized spacial score (nSPS) is 12.2. The summed E-state index contributed by atoms with van der Waals surface area (Å²) in [5.74, 6) is 1.32. The molecular formula is C16H19NO2S. The number of carbonyl (C=O) groups is 1. The zero-order valence-electron chi connectivity index (χ0n) is 12.1. The van der Waals surface area contributed by atoms with Gasteiger partial charge in [0.05, 0.1) is 12.3 Å². The monoisotopic (exact) mass is 289 g/mol. The van der Waals surface area contributed by atoms with Gasteiger partial charge in [0.1, 0.15) is 5.75 Å². The van der Waals surface area contributed by atoms with E-state index in [1.807, 2.05) is 18.4 Å². The Bertz CT molecular complexity index is 592. The molecule has 0 amide bonds. The summed E-state index contributed by atoms with van der Waals surface area (Å²) in [6.45, 7) is 6.95. The largest absolute Gasteiger partial charge is 0.493 e. The fourth-order valence-electron chi connectivity index (χ4n) is 2.04. The van der Waals surface area contributed by atoms with Crippen LogP contribution in [0.4, 0.5) is 0 Å². The second kappa shape index (κ2) is 6.66. The van der Waals surface area contributed by atoms with Gasteiger partial charge in [-0.05, 0) is 37.0 Å². The van der Waals surface area contributed by atoms with E-state index >= 15 is 0 Å². The number of ether oxygens (including phenoxy) is 1. The standard InChI is InChI=1S/C16H19NO2S/c1-4-11(3)12-6-7-15(19-5-2)13(8-12)14-10-20-16(9-18)17-14/h6-11H,4-5H2,1-3H3. The van der Waals surface area contributed by atoms with E-state index in [4.69, 9.17) is 4.74 Å². The number of nitrogens with zero attached hydrogens (tertiary/aromatic N) is 1. The van der Waals surface area contributed by atoms with Crippen molar-refractivity contribution in [3.63, 3.8) is 0 Å². The maximum Gasteiger partial charge on any atom is 0.178 e. The lowest BCUT2D eigenvalue weighted by atomic mass is 9.96. The lowest BCUT2D eigenvalue weighted by molar-refractivity contribution is 0.112. The van der Waals surface area contributed by atoms with Gasteiger partial charge in [-0.1, -0.05) is 19.9 Å². The first-order chi connectivity index (χ1) is 9.69. The number of aldehydes is 1. The zero-order chi connectivity index (χ0) is 14.5. The summed E-state index contributed by atoms with van der Waals surface area (Å²) in [5, 5.41) is 2.40. The van der Waals surface area contributed by atoms with Crippen LogP contribution in [0.5, 0.6) is 5.75 Å². The van der Waals surface area contributed by atoms with Crippen LogP contribution in [0.2, 0.25) is 0 Å².